The molecule has 196 valence electrons. The maximum atomic E-state index is 13.1. The van der Waals surface area contributed by atoms with Crippen molar-refractivity contribution in [3.8, 4) is 21.0 Å². The summed E-state index contributed by atoms with van der Waals surface area (Å²) >= 11 is 6.58. The third-order valence-electron chi connectivity index (χ3n) is 4.81. The van der Waals surface area contributed by atoms with Gasteiger partial charge in [-0.25, -0.2) is 13.4 Å². The number of sulfonamides is 1. The SMILES string of the molecule is COC(=O)CNS(=O)(=O)c1cc(NC(C)=O)ccc1-c1cnc(-c2ccc(NC(=S)NC(C)C)cc2)s1. The van der Waals surface area contributed by atoms with E-state index in [0.717, 1.165) is 18.4 Å². The molecule has 0 aliphatic carbocycles. The Kier molecular flexibility index (Phi) is 9.32. The molecule has 2 aromatic carbocycles. The maximum absolute atomic E-state index is 13.1. The minimum atomic E-state index is -4.13. The summed E-state index contributed by atoms with van der Waals surface area (Å²) in [6.07, 6.45) is 1.58. The van der Waals surface area contributed by atoms with Crippen LogP contribution in [0.2, 0.25) is 0 Å². The fourth-order valence-electron chi connectivity index (χ4n) is 3.19. The van der Waals surface area contributed by atoms with Crippen LogP contribution in [-0.2, 0) is 24.3 Å². The number of nitrogens with zero attached hydrogens (tertiary/aromatic N) is 1. The second-order valence-corrected chi connectivity index (χ2v) is 11.3. The Morgan fingerprint density at radius 2 is 1.76 bits per heavy atom. The first kappa shape index (κ1) is 28.2. The largest absolute Gasteiger partial charge is 0.468 e. The number of hydrogen-bond donors (Lipinski definition) is 4. The first-order chi connectivity index (χ1) is 17.5. The van der Waals surface area contributed by atoms with Crippen LogP contribution in [0.1, 0.15) is 20.8 Å². The molecule has 4 N–H and O–H groups in total. The minimum absolute atomic E-state index is 0.108. The second-order valence-electron chi connectivity index (χ2n) is 8.15. The maximum Gasteiger partial charge on any atom is 0.320 e. The van der Waals surface area contributed by atoms with Crippen LogP contribution >= 0.6 is 23.6 Å². The monoisotopic (exact) mass is 561 g/mol. The van der Waals surface area contributed by atoms with E-state index in [0.29, 0.717) is 26.2 Å². The molecule has 3 rings (SSSR count). The fourth-order valence-corrected chi connectivity index (χ4v) is 5.78. The lowest BCUT2D eigenvalue weighted by molar-refractivity contribution is -0.139. The summed E-state index contributed by atoms with van der Waals surface area (Å²) in [7, 11) is -2.97. The zero-order valence-corrected chi connectivity index (χ0v) is 23.1. The van der Waals surface area contributed by atoms with Crippen molar-refractivity contribution in [2.24, 2.45) is 0 Å². The number of thiazole rings is 1. The molecule has 1 amide bonds. The Bertz CT molecular complexity index is 1400. The smallest absolute Gasteiger partial charge is 0.320 e. The quantitative estimate of drug-likeness (QED) is 0.228. The molecule has 1 heterocycles. The normalized spacial score (nSPS) is 11.2. The number of carbonyl (C=O) groups excluding carboxylic acids is 2. The molecule has 37 heavy (non-hydrogen) atoms. The molecule has 0 fully saturated rings. The van der Waals surface area contributed by atoms with Crippen LogP contribution in [0.15, 0.2) is 53.6 Å². The Balaban J connectivity index is 1.91. The highest BCUT2D eigenvalue weighted by Crippen LogP contribution is 2.37. The Hall–Kier alpha value is -3.39. The number of anilines is 2. The van der Waals surface area contributed by atoms with Gasteiger partial charge in [0.1, 0.15) is 11.6 Å². The van der Waals surface area contributed by atoms with Crippen LogP contribution in [0, 0.1) is 0 Å². The van der Waals surface area contributed by atoms with Gasteiger partial charge in [0.15, 0.2) is 5.11 Å². The summed E-state index contributed by atoms with van der Waals surface area (Å²) in [5.74, 6) is -1.08. The lowest BCUT2D eigenvalue weighted by atomic mass is 10.2. The van der Waals surface area contributed by atoms with Gasteiger partial charge >= 0.3 is 5.97 Å². The van der Waals surface area contributed by atoms with Gasteiger partial charge in [-0.1, -0.05) is 6.07 Å². The van der Waals surface area contributed by atoms with E-state index < -0.39 is 22.5 Å². The van der Waals surface area contributed by atoms with Gasteiger partial charge in [-0.05, 0) is 62.5 Å². The molecular weight excluding hydrogens is 534 g/mol. The molecule has 13 heteroatoms. The van der Waals surface area contributed by atoms with E-state index in [9.17, 15) is 18.0 Å². The van der Waals surface area contributed by atoms with Crippen molar-refractivity contribution in [2.45, 2.75) is 31.7 Å². The number of esters is 1. The van der Waals surface area contributed by atoms with Gasteiger partial charge in [0.2, 0.25) is 15.9 Å². The summed E-state index contributed by atoms with van der Waals surface area (Å²) in [6.45, 7) is 4.78. The third kappa shape index (κ3) is 7.79. The van der Waals surface area contributed by atoms with Crippen LogP contribution in [0.5, 0.6) is 0 Å². The minimum Gasteiger partial charge on any atom is -0.468 e. The van der Waals surface area contributed by atoms with E-state index in [2.05, 4.69) is 30.4 Å². The van der Waals surface area contributed by atoms with Gasteiger partial charge in [0.05, 0.1) is 16.9 Å². The van der Waals surface area contributed by atoms with Crippen molar-refractivity contribution in [3.05, 3.63) is 48.7 Å². The molecule has 0 bridgehead atoms. The number of benzene rings is 2. The Morgan fingerprint density at radius 1 is 1.08 bits per heavy atom. The molecule has 3 aromatic rings. The molecule has 1 aromatic heterocycles. The van der Waals surface area contributed by atoms with Crippen molar-refractivity contribution >= 4 is 61.9 Å². The predicted octanol–water partition coefficient (Wildman–Crippen LogP) is 3.58. The zero-order valence-electron chi connectivity index (χ0n) is 20.6. The number of thiocarbonyl (C=S) groups is 1. The Labute approximate surface area is 224 Å². The molecule has 0 saturated carbocycles. The summed E-state index contributed by atoms with van der Waals surface area (Å²) in [5.41, 5.74) is 2.33. The fraction of sp³-hybridized carbons (Fsp3) is 0.250. The van der Waals surface area contributed by atoms with Crippen LogP contribution < -0.4 is 20.7 Å². The standard InChI is InChI=1S/C24H27N5O5S3/c1-14(2)27-24(35)29-17-7-5-16(6-8-17)23-25-12-20(36-23)19-10-9-18(28-15(3)30)11-21(19)37(32,33)26-13-22(31)34-4/h5-12,14,26H,13H2,1-4H3,(H,28,30)(H2,27,29,35). The topological polar surface area (TPSA) is 139 Å². The molecule has 0 aliphatic rings. The Morgan fingerprint density at radius 3 is 2.38 bits per heavy atom. The van der Waals surface area contributed by atoms with Crippen molar-refractivity contribution in [1.82, 2.24) is 15.0 Å². The molecule has 0 unspecified atom stereocenters. The highest BCUT2D eigenvalue weighted by Gasteiger charge is 2.23. The van der Waals surface area contributed by atoms with E-state index in [1.807, 2.05) is 38.1 Å². The first-order valence-electron chi connectivity index (χ1n) is 11.1. The van der Waals surface area contributed by atoms with Crippen LogP contribution in [-0.4, -0.2) is 50.1 Å². The van der Waals surface area contributed by atoms with Gasteiger partial charge in [-0.2, -0.15) is 4.72 Å². The number of carbonyl (C=O) groups is 2. The van der Waals surface area contributed by atoms with Crippen molar-refractivity contribution < 1.29 is 22.7 Å². The zero-order chi connectivity index (χ0) is 27.2. The van der Waals surface area contributed by atoms with E-state index in [-0.39, 0.29) is 16.8 Å². The van der Waals surface area contributed by atoms with Crippen molar-refractivity contribution in [2.75, 3.05) is 24.3 Å². The van der Waals surface area contributed by atoms with Crippen LogP contribution in [0.25, 0.3) is 21.0 Å². The van der Waals surface area contributed by atoms with E-state index in [1.54, 1.807) is 18.3 Å². The summed E-state index contributed by atoms with van der Waals surface area (Å²) in [6, 6.07) is 12.3. The second kappa shape index (κ2) is 12.2. The van der Waals surface area contributed by atoms with Gasteiger partial charge < -0.3 is 20.7 Å². The number of rotatable bonds is 9. The van der Waals surface area contributed by atoms with Gasteiger partial charge in [-0.3, -0.25) is 9.59 Å². The molecule has 0 saturated heterocycles. The average Bonchev–Trinajstić information content (AvgIpc) is 3.32. The molecular formula is C24H27N5O5S3. The average molecular weight is 562 g/mol. The van der Waals surface area contributed by atoms with Crippen molar-refractivity contribution in [1.29, 1.82) is 0 Å². The summed E-state index contributed by atoms with van der Waals surface area (Å²) in [5, 5.41) is 10.0. The number of amides is 1. The van der Waals surface area contributed by atoms with E-state index in [1.165, 1.54) is 24.3 Å². The predicted molar refractivity (Wildman–Crippen MR) is 149 cm³/mol. The van der Waals surface area contributed by atoms with Gasteiger partial charge in [0.25, 0.3) is 0 Å². The van der Waals surface area contributed by atoms with Crippen LogP contribution in [0.3, 0.4) is 0 Å². The highest BCUT2D eigenvalue weighted by atomic mass is 32.2. The molecule has 0 radical (unpaired) electrons. The van der Waals surface area contributed by atoms with Crippen molar-refractivity contribution in [3.63, 3.8) is 0 Å². The summed E-state index contributed by atoms with van der Waals surface area (Å²) in [4.78, 5) is 28.0. The van der Waals surface area contributed by atoms with E-state index >= 15 is 0 Å². The number of nitrogens with one attached hydrogen (secondary N) is 4. The van der Waals surface area contributed by atoms with E-state index in [4.69, 9.17) is 12.2 Å². The number of hydrogen-bond acceptors (Lipinski definition) is 8. The number of aromatic nitrogens is 1. The lowest BCUT2D eigenvalue weighted by Crippen LogP contribution is -2.33. The number of methoxy groups -OCH3 is 1. The summed E-state index contributed by atoms with van der Waals surface area (Å²) < 4.78 is 32.9. The number of ether oxygens (including phenoxy) is 1. The molecule has 10 nitrogen and oxygen atoms in total. The third-order valence-corrected chi connectivity index (χ3v) is 7.55. The highest BCUT2D eigenvalue weighted by molar-refractivity contribution is 7.89. The lowest BCUT2D eigenvalue weighted by Gasteiger charge is -2.13. The van der Waals surface area contributed by atoms with Crippen LogP contribution in [0.4, 0.5) is 11.4 Å². The first-order valence-corrected chi connectivity index (χ1v) is 13.8. The molecule has 0 atom stereocenters. The molecule has 0 aliphatic heterocycles. The van der Waals surface area contributed by atoms with Gasteiger partial charge in [0, 0.05) is 41.7 Å². The van der Waals surface area contributed by atoms with Gasteiger partial charge in [-0.15, -0.1) is 11.3 Å². The molecule has 0 spiro atoms.